The lowest BCUT2D eigenvalue weighted by atomic mass is 9.78. The van der Waals surface area contributed by atoms with Crippen molar-refractivity contribution in [2.24, 2.45) is 0 Å². The molecule has 0 fully saturated rings. The Morgan fingerprint density at radius 2 is 0.778 bits per heavy atom. The number of aliphatic hydroxyl groups is 1. The van der Waals surface area contributed by atoms with Gasteiger partial charge in [-0.2, -0.15) is 0 Å². The average molecular weight is 721 g/mol. The third-order valence-corrected chi connectivity index (χ3v) is 9.51. The van der Waals surface area contributed by atoms with Crippen LogP contribution >= 0.6 is 0 Å². The molecule has 5 heteroatoms. The van der Waals surface area contributed by atoms with E-state index in [1.807, 2.05) is 116 Å². The molecular formula is C49H52O5. The van der Waals surface area contributed by atoms with E-state index >= 15 is 0 Å². The number of carbonyl (C=O) groups is 2. The summed E-state index contributed by atoms with van der Waals surface area (Å²) in [6, 6.07) is 46.0. The van der Waals surface area contributed by atoms with Gasteiger partial charge in [0.15, 0.2) is 11.6 Å². The minimum Gasteiger partial charge on any atom is -0.508 e. The fraction of sp³-hybridized carbons (Fsp3) is 0.224. The van der Waals surface area contributed by atoms with Gasteiger partial charge in [-0.3, -0.25) is 9.59 Å². The molecule has 6 aromatic rings. The van der Waals surface area contributed by atoms with E-state index in [1.165, 1.54) is 16.7 Å². The molecule has 6 rings (SSSR count). The number of phenolic OH excluding ortho intramolecular Hbond substituents is 1. The summed E-state index contributed by atoms with van der Waals surface area (Å²) in [5.74, 6) is 2.70. The van der Waals surface area contributed by atoms with E-state index in [9.17, 15) is 14.7 Å². The maximum atomic E-state index is 12.8. The Hall–Kier alpha value is -5.78. The number of rotatable bonds is 10. The fourth-order valence-electron chi connectivity index (χ4n) is 5.87. The van der Waals surface area contributed by atoms with Gasteiger partial charge in [-0.25, -0.2) is 0 Å². The van der Waals surface area contributed by atoms with Crippen LogP contribution in [-0.2, 0) is 5.41 Å². The van der Waals surface area contributed by atoms with Gasteiger partial charge in [0.05, 0.1) is 0 Å². The van der Waals surface area contributed by atoms with Gasteiger partial charge in [0.25, 0.3) is 0 Å². The number of hydrogen-bond donors (Lipinski definition) is 2. The van der Waals surface area contributed by atoms with E-state index in [2.05, 4.69) is 53.7 Å². The summed E-state index contributed by atoms with van der Waals surface area (Å²) in [7, 11) is 1.00. The molecule has 54 heavy (non-hydrogen) atoms. The van der Waals surface area contributed by atoms with Crippen molar-refractivity contribution in [1.29, 1.82) is 0 Å². The largest absolute Gasteiger partial charge is 0.508 e. The quantitative estimate of drug-likeness (QED) is 0.138. The molecule has 0 amide bonds. The maximum absolute atomic E-state index is 12.8. The van der Waals surface area contributed by atoms with Gasteiger partial charge < -0.3 is 14.9 Å². The smallest absolute Gasteiger partial charge is 0.193 e. The molecular weight excluding hydrogens is 669 g/mol. The van der Waals surface area contributed by atoms with Gasteiger partial charge in [0.1, 0.15) is 17.2 Å². The molecule has 0 saturated carbocycles. The summed E-state index contributed by atoms with van der Waals surface area (Å²) in [5, 5.41) is 16.6. The van der Waals surface area contributed by atoms with Gasteiger partial charge in [-0.05, 0) is 89.5 Å². The van der Waals surface area contributed by atoms with Crippen molar-refractivity contribution in [2.75, 3.05) is 7.11 Å². The van der Waals surface area contributed by atoms with Crippen LogP contribution in [-0.4, -0.2) is 28.9 Å². The van der Waals surface area contributed by atoms with Crippen molar-refractivity contribution in [1.82, 2.24) is 0 Å². The number of phenols is 1. The highest BCUT2D eigenvalue weighted by atomic mass is 16.5. The van der Waals surface area contributed by atoms with Gasteiger partial charge in [0.2, 0.25) is 0 Å². The Balaban J connectivity index is 0.000000273. The van der Waals surface area contributed by atoms with E-state index in [4.69, 9.17) is 9.84 Å². The van der Waals surface area contributed by atoms with Crippen LogP contribution < -0.4 is 4.74 Å². The predicted molar refractivity (Wildman–Crippen MR) is 220 cm³/mol. The molecule has 0 aliphatic rings. The minimum atomic E-state index is -0.207. The lowest BCUT2D eigenvalue weighted by Gasteiger charge is -2.26. The van der Waals surface area contributed by atoms with Gasteiger partial charge in [-0.1, -0.05) is 144 Å². The third kappa shape index (κ3) is 10.6. The second kappa shape index (κ2) is 18.8. The average Bonchev–Trinajstić information content (AvgIpc) is 3.19. The lowest BCUT2D eigenvalue weighted by Crippen LogP contribution is -2.18. The number of aromatic hydroxyl groups is 1. The van der Waals surface area contributed by atoms with Crippen molar-refractivity contribution in [3.05, 3.63) is 196 Å². The van der Waals surface area contributed by atoms with Gasteiger partial charge >= 0.3 is 0 Å². The first kappa shape index (κ1) is 41.0. The molecule has 0 spiro atoms. The van der Waals surface area contributed by atoms with Crippen molar-refractivity contribution < 1.29 is 24.5 Å². The highest BCUT2D eigenvalue weighted by Gasteiger charge is 2.23. The first-order chi connectivity index (χ1) is 25.8. The van der Waals surface area contributed by atoms with E-state index in [1.54, 1.807) is 24.3 Å². The van der Waals surface area contributed by atoms with Gasteiger partial charge in [0, 0.05) is 34.8 Å². The molecule has 0 saturated heterocycles. The molecule has 0 aromatic heterocycles. The number of ketones is 2. The SMILES string of the molecule is CC(C)c1ccc(C(=O)c2ccc(Oc3ccc(C(C)(C)c4ccc(O)cc4)cc3)cc2)cc1.CO.Cc1ccc(C(=O)c2ccc(C(C)C)cc2)cc1. The summed E-state index contributed by atoms with van der Waals surface area (Å²) < 4.78 is 6.01. The van der Waals surface area contributed by atoms with Crippen LogP contribution in [0.15, 0.2) is 146 Å². The molecule has 2 N–H and O–H groups in total. The highest BCUT2D eigenvalue weighted by Crippen LogP contribution is 2.34. The van der Waals surface area contributed by atoms with Crippen LogP contribution in [0.4, 0.5) is 0 Å². The van der Waals surface area contributed by atoms with Crippen molar-refractivity contribution >= 4 is 11.6 Å². The molecule has 0 radical (unpaired) electrons. The van der Waals surface area contributed by atoms with Crippen LogP contribution in [0, 0.1) is 6.92 Å². The monoisotopic (exact) mass is 720 g/mol. The topological polar surface area (TPSA) is 83.8 Å². The maximum Gasteiger partial charge on any atom is 0.193 e. The standard InChI is InChI=1S/C31H30O3.C17H18O.CH4O/c1-21(2)22-5-7-23(8-6-22)30(33)24-9-17-28(18-10-24)34-29-19-13-26(14-20-29)31(3,4)25-11-15-27(32)16-12-25;1-12(2)14-8-10-16(11-9-14)17(18)15-6-4-13(3)5-7-15;1-2/h5-21,32H,1-4H3;4-12H,1-3H3;2H,1H3. The van der Waals surface area contributed by atoms with E-state index in [0.29, 0.717) is 28.7 Å². The second-order valence-electron chi connectivity index (χ2n) is 14.4. The van der Waals surface area contributed by atoms with E-state index < -0.39 is 0 Å². The molecule has 6 aromatic carbocycles. The Morgan fingerprint density at radius 1 is 0.481 bits per heavy atom. The Kier molecular flexibility index (Phi) is 14.3. The first-order valence-corrected chi connectivity index (χ1v) is 18.3. The van der Waals surface area contributed by atoms with Crippen LogP contribution in [0.1, 0.15) is 113 Å². The molecule has 0 unspecified atom stereocenters. The van der Waals surface area contributed by atoms with Crippen molar-refractivity contribution in [3.63, 3.8) is 0 Å². The van der Waals surface area contributed by atoms with Crippen LogP contribution in [0.5, 0.6) is 17.2 Å². The summed E-state index contributed by atoms with van der Waals surface area (Å²) in [6.45, 7) is 14.9. The number of benzene rings is 6. The number of ether oxygens (including phenoxy) is 1. The molecule has 0 bridgehead atoms. The van der Waals surface area contributed by atoms with E-state index in [-0.39, 0.29) is 22.7 Å². The molecule has 0 aliphatic heterocycles. The predicted octanol–water partition coefficient (Wildman–Crippen LogP) is 11.8. The zero-order valence-electron chi connectivity index (χ0n) is 32.6. The molecule has 5 nitrogen and oxygen atoms in total. The normalized spacial score (nSPS) is 10.9. The van der Waals surface area contributed by atoms with Crippen molar-refractivity contribution in [3.8, 4) is 17.2 Å². The molecule has 0 aliphatic carbocycles. The molecule has 0 atom stereocenters. The number of carbonyl (C=O) groups excluding carboxylic acids is 2. The Labute approximate surface area is 320 Å². The molecule has 278 valence electrons. The highest BCUT2D eigenvalue weighted by molar-refractivity contribution is 6.09. The second-order valence-corrected chi connectivity index (χ2v) is 14.4. The number of hydrogen-bond acceptors (Lipinski definition) is 5. The first-order valence-electron chi connectivity index (χ1n) is 18.3. The zero-order chi connectivity index (χ0) is 39.4. The number of aliphatic hydroxyl groups excluding tert-OH is 1. The van der Waals surface area contributed by atoms with Gasteiger partial charge in [-0.15, -0.1) is 0 Å². The minimum absolute atomic E-state index is 0.00247. The Bertz CT molecular complexity index is 2070. The van der Waals surface area contributed by atoms with Crippen molar-refractivity contribution in [2.45, 2.75) is 65.7 Å². The third-order valence-electron chi connectivity index (χ3n) is 9.51. The van der Waals surface area contributed by atoms with Crippen LogP contribution in [0.3, 0.4) is 0 Å². The van der Waals surface area contributed by atoms with Crippen LogP contribution in [0.2, 0.25) is 0 Å². The fourth-order valence-corrected chi connectivity index (χ4v) is 5.87. The lowest BCUT2D eigenvalue weighted by molar-refractivity contribution is 0.103. The molecule has 0 heterocycles. The van der Waals surface area contributed by atoms with E-state index in [0.717, 1.165) is 35.1 Å². The van der Waals surface area contributed by atoms with Crippen LogP contribution in [0.25, 0.3) is 0 Å². The zero-order valence-corrected chi connectivity index (χ0v) is 32.6. The summed E-state index contributed by atoms with van der Waals surface area (Å²) in [5.41, 5.74) is 8.53. The summed E-state index contributed by atoms with van der Waals surface area (Å²) >= 11 is 0. The summed E-state index contributed by atoms with van der Waals surface area (Å²) in [6.07, 6.45) is 0. The number of aryl methyl sites for hydroxylation is 1. The summed E-state index contributed by atoms with van der Waals surface area (Å²) in [4.78, 5) is 25.0. The Morgan fingerprint density at radius 3 is 1.13 bits per heavy atom.